The first-order chi connectivity index (χ1) is 12.6. The van der Waals surface area contributed by atoms with Gasteiger partial charge in [0, 0.05) is 23.7 Å². The Kier molecular flexibility index (Phi) is 4.55. The normalized spacial score (nSPS) is 20.1. The SMILES string of the molecule is O=C1CC[C@H](/C=C(/c2ccc(OC3CC3)cc2)c2ccc(Cl)c(=O)[nH]2)N1. The number of aromatic amines is 1. The van der Waals surface area contributed by atoms with E-state index >= 15 is 0 Å². The van der Waals surface area contributed by atoms with E-state index in [-0.39, 0.29) is 22.5 Å². The molecule has 2 heterocycles. The highest BCUT2D eigenvalue weighted by atomic mass is 35.5. The molecule has 0 spiro atoms. The molecule has 1 atom stereocenters. The molecule has 2 aliphatic rings. The molecule has 2 fully saturated rings. The number of aromatic nitrogens is 1. The van der Waals surface area contributed by atoms with Crippen LogP contribution in [0.15, 0.2) is 47.3 Å². The van der Waals surface area contributed by atoms with Gasteiger partial charge in [-0.05, 0) is 49.1 Å². The topological polar surface area (TPSA) is 71.2 Å². The highest BCUT2D eigenvalue weighted by molar-refractivity contribution is 6.30. The second-order valence-electron chi connectivity index (χ2n) is 6.68. The van der Waals surface area contributed by atoms with Crippen LogP contribution in [0, 0.1) is 0 Å². The Hall–Kier alpha value is -2.53. The lowest BCUT2D eigenvalue weighted by Crippen LogP contribution is -2.23. The molecular formula is C20H19ClN2O3. The number of halogens is 1. The van der Waals surface area contributed by atoms with Crippen LogP contribution in [0.2, 0.25) is 5.02 Å². The maximum Gasteiger partial charge on any atom is 0.267 e. The van der Waals surface area contributed by atoms with Crippen LogP contribution in [0.5, 0.6) is 5.75 Å². The zero-order valence-corrected chi connectivity index (χ0v) is 14.9. The predicted molar refractivity (Wildman–Crippen MR) is 100 cm³/mol. The molecule has 2 aromatic rings. The van der Waals surface area contributed by atoms with Gasteiger partial charge in [0.15, 0.2) is 0 Å². The fourth-order valence-corrected chi connectivity index (χ4v) is 3.12. The summed E-state index contributed by atoms with van der Waals surface area (Å²) in [5.74, 6) is 0.887. The van der Waals surface area contributed by atoms with E-state index < -0.39 is 0 Å². The molecule has 1 aromatic carbocycles. The summed E-state index contributed by atoms with van der Waals surface area (Å²) in [5, 5.41) is 3.09. The first-order valence-corrected chi connectivity index (χ1v) is 9.14. The van der Waals surface area contributed by atoms with Crippen LogP contribution in [-0.4, -0.2) is 23.0 Å². The van der Waals surface area contributed by atoms with Crippen LogP contribution < -0.4 is 15.6 Å². The number of amides is 1. The molecule has 1 aliphatic heterocycles. The van der Waals surface area contributed by atoms with Crippen LogP contribution >= 0.6 is 11.6 Å². The monoisotopic (exact) mass is 370 g/mol. The van der Waals surface area contributed by atoms with Crippen LogP contribution in [0.4, 0.5) is 0 Å². The second kappa shape index (κ2) is 7.00. The molecular weight excluding hydrogens is 352 g/mol. The summed E-state index contributed by atoms with van der Waals surface area (Å²) in [6.07, 6.45) is 5.81. The maximum atomic E-state index is 11.9. The number of carbonyl (C=O) groups excluding carboxylic acids is 1. The molecule has 5 nitrogen and oxygen atoms in total. The molecule has 1 saturated heterocycles. The zero-order valence-electron chi connectivity index (χ0n) is 14.1. The van der Waals surface area contributed by atoms with Gasteiger partial charge in [-0.3, -0.25) is 9.59 Å². The first kappa shape index (κ1) is 16.9. The number of pyridine rings is 1. The Labute approximate surface area is 156 Å². The Morgan fingerprint density at radius 1 is 1.08 bits per heavy atom. The summed E-state index contributed by atoms with van der Waals surface area (Å²) in [4.78, 5) is 26.3. The van der Waals surface area contributed by atoms with Crippen molar-refractivity contribution in [1.29, 1.82) is 0 Å². The van der Waals surface area contributed by atoms with Gasteiger partial charge < -0.3 is 15.0 Å². The number of benzene rings is 1. The second-order valence-corrected chi connectivity index (χ2v) is 7.09. The van der Waals surface area contributed by atoms with Crippen molar-refractivity contribution in [2.45, 2.75) is 37.8 Å². The Morgan fingerprint density at radius 2 is 1.85 bits per heavy atom. The highest BCUT2D eigenvalue weighted by Crippen LogP contribution is 2.29. The lowest BCUT2D eigenvalue weighted by Gasteiger charge is -2.13. The quantitative estimate of drug-likeness (QED) is 0.848. The van der Waals surface area contributed by atoms with Crippen molar-refractivity contribution in [2.75, 3.05) is 0 Å². The van der Waals surface area contributed by atoms with Crippen molar-refractivity contribution in [1.82, 2.24) is 10.3 Å². The Bertz CT molecular complexity index is 913. The minimum Gasteiger partial charge on any atom is -0.490 e. The first-order valence-electron chi connectivity index (χ1n) is 8.76. The van der Waals surface area contributed by atoms with Crippen molar-refractivity contribution in [2.24, 2.45) is 0 Å². The highest BCUT2D eigenvalue weighted by Gasteiger charge is 2.24. The van der Waals surface area contributed by atoms with Crippen molar-refractivity contribution in [3.8, 4) is 5.75 Å². The Morgan fingerprint density at radius 3 is 2.46 bits per heavy atom. The van der Waals surface area contributed by atoms with Crippen LogP contribution in [0.3, 0.4) is 0 Å². The summed E-state index contributed by atoms with van der Waals surface area (Å²) in [7, 11) is 0. The Balaban J connectivity index is 1.69. The number of nitrogens with one attached hydrogen (secondary N) is 2. The van der Waals surface area contributed by atoms with E-state index in [2.05, 4.69) is 10.3 Å². The van der Waals surface area contributed by atoms with Crippen molar-refractivity contribution in [3.05, 3.63) is 69.1 Å². The third-order valence-corrected chi connectivity index (χ3v) is 4.84. The van der Waals surface area contributed by atoms with E-state index in [1.807, 2.05) is 30.3 Å². The summed E-state index contributed by atoms with van der Waals surface area (Å²) in [6.45, 7) is 0. The fourth-order valence-electron chi connectivity index (χ4n) is 3.01. The van der Waals surface area contributed by atoms with Crippen LogP contribution in [0.25, 0.3) is 5.57 Å². The molecule has 1 aromatic heterocycles. The molecule has 0 radical (unpaired) electrons. The number of ether oxygens (including phenoxy) is 1. The minimum absolute atomic E-state index is 0.0448. The van der Waals surface area contributed by atoms with Gasteiger partial charge in [-0.1, -0.05) is 29.8 Å². The molecule has 0 bridgehead atoms. The number of hydrogen-bond donors (Lipinski definition) is 2. The largest absolute Gasteiger partial charge is 0.490 e. The predicted octanol–water partition coefficient (Wildman–Crippen LogP) is 3.28. The van der Waals surface area contributed by atoms with Gasteiger partial charge in [0.1, 0.15) is 10.8 Å². The number of rotatable bonds is 5. The van der Waals surface area contributed by atoms with E-state index in [9.17, 15) is 9.59 Å². The summed E-state index contributed by atoms with van der Waals surface area (Å²) in [6, 6.07) is 11.1. The van der Waals surface area contributed by atoms with Gasteiger partial charge in [0.2, 0.25) is 5.91 Å². The van der Waals surface area contributed by atoms with E-state index in [1.54, 1.807) is 12.1 Å². The van der Waals surface area contributed by atoms with Gasteiger partial charge in [-0.15, -0.1) is 0 Å². The van der Waals surface area contributed by atoms with Gasteiger partial charge >= 0.3 is 0 Å². The van der Waals surface area contributed by atoms with Gasteiger partial charge in [-0.2, -0.15) is 0 Å². The molecule has 134 valence electrons. The smallest absolute Gasteiger partial charge is 0.267 e. The van der Waals surface area contributed by atoms with E-state index in [4.69, 9.17) is 16.3 Å². The van der Waals surface area contributed by atoms with Gasteiger partial charge in [0.05, 0.1) is 6.10 Å². The molecule has 1 amide bonds. The molecule has 26 heavy (non-hydrogen) atoms. The maximum absolute atomic E-state index is 11.9. The summed E-state index contributed by atoms with van der Waals surface area (Å²) >= 11 is 5.86. The number of H-pyrrole nitrogens is 1. The third-order valence-electron chi connectivity index (χ3n) is 4.54. The lowest BCUT2D eigenvalue weighted by molar-refractivity contribution is -0.119. The molecule has 1 saturated carbocycles. The summed E-state index contributed by atoms with van der Waals surface area (Å²) < 4.78 is 5.80. The van der Waals surface area contributed by atoms with Crippen molar-refractivity contribution < 1.29 is 9.53 Å². The lowest BCUT2D eigenvalue weighted by atomic mass is 9.99. The van der Waals surface area contributed by atoms with Crippen LogP contribution in [0.1, 0.15) is 36.9 Å². The third kappa shape index (κ3) is 3.83. The van der Waals surface area contributed by atoms with Crippen LogP contribution in [-0.2, 0) is 4.79 Å². The molecule has 2 N–H and O–H groups in total. The van der Waals surface area contributed by atoms with Gasteiger partial charge in [0.25, 0.3) is 5.56 Å². The number of carbonyl (C=O) groups is 1. The van der Waals surface area contributed by atoms with Gasteiger partial charge in [-0.25, -0.2) is 0 Å². The zero-order chi connectivity index (χ0) is 18.1. The van der Waals surface area contributed by atoms with Crippen molar-refractivity contribution >= 4 is 23.1 Å². The standard InChI is InChI=1S/C20H19ClN2O3/c21-17-8-9-18(23-20(17)25)16(11-13-3-10-19(24)22-13)12-1-4-14(5-2-12)26-15-6-7-15/h1-2,4-5,8-9,11,13,15H,3,6-7,10H2,(H,22,24)(H,23,25)/b16-11-/t13-/m1/s1. The van der Waals surface area contributed by atoms with E-state index in [0.29, 0.717) is 18.2 Å². The minimum atomic E-state index is -0.334. The molecule has 1 aliphatic carbocycles. The number of hydrogen-bond acceptors (Lipinski definition) is 3. The van der Waals surface area contributed by atoms with Crippen molar-refractivity contribution in [3.63, 3.8) is 0 Å². The van der Waals surface area contributed by atoms with E-state index in [1.165, 1.54) is 0 Å². The summed E-state index contributed by atoms with van der Waals surface area (Å²) in [5.41, 5.74) is 2.12. The fraction of sp³-hybridized carbons (Fsp3) is 0.300. The molecule has 0 unspecified atom stereocenters. The average Bonchev–Trinajstić information content (AvgIpc) is 3.35. The van der Waals surface area contributed by atoms with E-state index in [0.717, 1.165) is 36.1 Å². The molecule has 4 rings (SSSR count). The molecule has 6 heteroatoms. The average molecular weight is 371 g/mol.